The van der Waals surface area contributed by atoms with Gasteiger partial charge in [-0.1, -0.05) is 115 Å². The molecule has 0 saturated heterocycles. The molecule has 0 spiro atoms. The van der Waals surface area contributed by atoms with Gasteiger partial charge in [0.25, 0.3) is 0 Å². The Morgan fingerprint density at radius 1 is 0.400 bits per heavy atom. The van der Waals surface area contributed by atoms with Crippen molar-refractivity contribution in [3.8, 4) is 45.9 Å². The number of para-hydroxylation sites is 3. The Hall–Kier alpha value is -6.99. The molecule has 0 amide bonds. The average Bonchev–Trinajstić information content (AvgIpc) is 3.76. The molecule has 0 atom stereocenters. The Kier molecular flexibility index (Phi) is 6.35. The van der Waals surface area contributed by atoms with Crippen LogP contribution < -0.4 is 0 Å². The number of rotatable bonds is 5. The third-order valence-corrected chi connectivity index (χ3v) is 9.22. The van der Waals surface area contributed by atoms with Crippen LogP contribution in [0.2, 0.25) is 0 Å². The van der Waals surface area contributed by atoms with E-state index in [0.717, 1.165) is 60.4 Å². The van der Waals surface area contributed by atoms with Gasteiger partial charge in [0.15, 0.2) is 17.5 Å². The number of benzene rings is 6. The minimum Gasteiger partial charge on any atom is -0.317 e. The molecule has 50 heavy (non-hydrogen) atoms. The van der Waals surface area contributed by atoms with Crippen molar-refractivity contribution in [1.82, 2.24) is 34.1 Å². The summed E-state index contributed by atoms with van der Waals surface area (Å²) >= 11 is 0. The standard InChI is InChI=1S/C43H27N7/c1-4-14-28(15-5-1)40-46-41(29-16-6-2-7-17-29)48-42(47-40)39-33-21-10-12-22-35(33)44-43(45-39)50-36-23-13-11-20-32(36)34-27-37-30(26-38(34)50)24-25-49(37)31-18-8-3-9-19-31/h1-27H. The van der Waals surface area contributed by atoms with Crippen molar-refractivity contribution >= 4 is 43.6 Å². The highest BCUT2D eigenvalue weighted by Gasteiger charge is 2.21. The maximum absolute atomic E-state index is 5.31. The first-order chi connectivity index (χ1) is 24.8. The monoisotopic (exact) mass is 641 g/mol. The molecule has 4 heterocycles. The summed E-state index contributed by atoms with van der Waals surface area (Å²) in [5.74, 6) is 2.21. The molecule has 10 rings (SSSR count). The van der Waals surface area contributed by atoms with Crippen molar-refractivity contribution in [2.75, 3.05) is 0 Å². The van der Waals surface area contributed by atoms with Crippen molar-refractivity contribution in [2.24, 2.45) is 0 Å². The predicted molar refractivity (Wildman–Crippen MR) is 200 cm³/mol. The quantitative estimate of drug-likeness (QED) is 0.187. The van der Waals surface area contributed by atoms with E-state index in [2.05, 4.69) is 82.1 Å². The molecule has 6 aromatic carbocycles. The van der Waals surface area contributed by atoms with Crippen molar-refractivity contribution in [3.05, 3.63) is 164 Å². The Labute approximate surface area is 286 Å². The van der Waals surface area contributed by atoms with Crippen LogP contribution in [0.15, 0.2) is 164 Å². The third-order valence-electron chi connectivity index (χ3n) is 9.22. The van der Waals surface area contributed by atoms with Gasteiger partial charge in [0.1, 0.15) is 5.69 Å². The van der Waals surface area contributed by atoms with E-state index < -0.39 is 0 Å². The second-order valence-electron chi connectivity index (χ2n) is 12.2. The van der Waals surface area contributed by atoms with E-state index in [0.29, 0.717) is 29.1 Å². The predicted octanol–water partition coefficient (Wildman–Crippen LogP) is 9.86. The third kappa shape index (κ3) is 4.56. The lowest BCUT2D eigenvalue weighted by atomic mass is 10.1. The van der Waals surface area contributed by atoms with Gasteiger partial charge in [-0.2, -0.15) is 0 Å². The number of hydrogen-bond acceptors (Lipinski definition) is 5. The number of hydrogen-bond donors (Lipinski definition) is 0. The van der Waals surface area contributed by atoms with Crippen molar-refractivity contribution in [2.45, 2.75) is 0 Å². The van der Waals surface area contributed by atoms with Gasteiger partial charge in [0, 0.05) is 44.6 Å². The molecule has 10 aromatic rings. The minimum absolute atomic E-state index is 0.487. The zero-order valence-corrected chi connectivity index (χ0v) is 26.7. The molecule has 7 heteroatoms. The highest BCUT2D eigenvalue weighted by atomic mass is 15.2. The van der Waals surface area contributed by atoms with Crippen LogP contribution in [-0.4, -0.2) is 34.1 Å². The lowest BCUT2D eigenvalue weighted by Gasteiger charge is -2.12. The molecule has 0 aliphatic heterocycles. The molecule has 7 nitrogen and oxygen atoms in total. The number of fused-ring (bicyclic) bond motifs is 5. The molecular formula is C43H27N7. The first-order valence-electron chi connectivity index (χ1n) is 16.5. The first kappa shape index (κ1) is 28.1. The van der Waals surface area contributed by atoms with Crippen molar-refractivity contribution in [3.63, 3.8) is 0 Å². The van der Waals surface area contributed by atoms with Gasteiger partial charge in [-0.15, -0.1) is 0 Å². The Morgan fingerprint density at radius 3 is 1.72 bits per heavy atom. The molecule has 0 unspecified atom stereocenters. The molecule has 0 radical (unpaired) electrons. The van der Waals surface area contributed by atoms with Gasteiger partial charge >= 0.3 is 0 Å². The topological polar surface area (TPSA) is 74.3 Å². The Balaban J connectivity index is 1.24. The van der Waals surface area contributed by atoms with Gasteiger partial charge in [0.05, 0.1) is 22.1 Å². The molecule has 234 valence electrons. The van der Waals surface area contributed by atoms with Crippen LogP contribution in [0.25, 0.3) is 89.5 Å². The van der Waals surface area contributed by atoms with Crippen LogP contribution in [0.4, 0.5) is 0 Å². The van der Waals surface area contributed by atoms with E-state index in [4.69, 9.17) is 24.9 Å². The highest BCUT2D eigenvalue weighted by Crippen LogP contribution is 2.36. The number of aromatic nitrogens is 7. The van der Waals surface area contributed by atoms with Gasteiger partial charge < -0.3 is 4.57 Å². The highest BCUT2D eigenvalue weighted by molar-refractivity contribution is 6.13. The second kappa shape index (κ2) is 11.3. The summed E-state index contributed by atoms with van der Waals surface area (Å²) in [5, 5.41) is 4.24. The molecule has 0 aliphatic rings. The zero-order chi connectivity index (χ0) is 33.0. The van der Waals surface area contributed by atoms with E-state index in [1.165, 1.54) is 0 Å². The molecule has 0 aliphatic carbocycles. The van der Waals surface area contributed by atoms with Crippen LogP contribution in [0.3, 0.4) is 0 Å². The van der Waals surface area contributed by atoms with Gasteiger partial charge in [0.2, 0.25) is 5.95 Å². The van der Waals surface area contributed by atoms with Crippen LogP contribution in [0.5, 0.6) is 0 Å². The van der Waals surface area contributed by atoms with E-state index in [9.17, 15) is 0 Å². The lowest BCUT2D eigenvalue weighted by Crippen LogP contribution is -2.06. The van der Waals surface area contributed by atoms with E-state index in [1.54, 1.807) is 0 Å². The molecule has 0 N–H and O–H groups in total. The molecular weight excluding hydrogens is 615 g/mol. The maximum Gasteiger partial charge on any atom is 0.235 e. The minimum atomic E-state index is 0.487. The largest absolute Gasteiger partial charge is 0.317 e. The molecule has 4 aromatic heterocycles. The zero-order valence-electron chi connectivity index (χ0n) is 26.7. The van der Waals surface area contributed by atoms with Gasteiger partial charge in [-0.25, -0.2) is 24.9 Å². The molecule has 0 saturated carbocycles. The van der Waals surface area contributed by atoms with Crippen molar-refractivity contribution < 1.29 is 0 Å². The summed E-state index contributed by atoms with van der Waals surface area (Å²) in [6.45, 7) is 0. The van der Waals surface area contributed by atoms with E-state index in [1.807, 2.05) is 91.0 Å². The van der Waals surface area contributed by atoms with Crippen LogP contribution in [0, 0.1) is 0 Å². The summed E-state index contributed by atoms with van der Waals surface area (Å²) in [6.07, 6.45) is 2.13. The summed E-state index contributed by atoms with van der Waals surface area (Å²) in [5.41, 5.74) is 7.56. The normalized spacial score (nSPS) is 11.6. The van der Waals surface area contributed by atoms with Crippen LogP contribution >= 0.6 is 0 Å². The fourth-order valence-electron chi connectivity index (χ4n) is 6.88. The summed E-state index contributed by atoms with van der Waals surface area (Å²) in [6, 6.07) is 53.6. The second-order valence-corrected chi connectivity index (χ2v) is 12.2. The first-order valence-corrected chi connectivity index (χ1v) is 16.5. The van der Waals surface area contributed by atoms with E-state index in [-0.39, 0.29) is 0 Å². The number of nitrogens with zero attached hydrogens (tertiary/aromatic N) is 7. The SMILES string of the molecule is c1ccc(-c2nc(-c3ccccc3)nc(-c3nc(-n4c5ccccc5c5cc6c(ccn6-c6ccccc6)cc54)nc4ccccc34)n2)cc1. The van der Waals surface area contributed by atoms with Gasteiger partial charge in [-0.05, 0) is 42.5 Å². The van der Waals surface area contributed by atoms with Gasteiger partial charge in [-0.3, -0.25) is 4.57 Å². The Bertz CT molecular complexity index is 2800. The summed E-state index contributed by atoms with van der Waals surface area (Å²) in [7, 11) is 0. The molecule has 0 fully saturated rings. The fourth-order valence-corrected chi connectivity index (χ4v) is 6.88. The molecule has 0 bridgehead atoms. The van der Waals surface area contributed by atoms with Crippen LogP contribution in [0.1, 0.15) is 0 Å². The van der Waals surface area contributed by atoms with Crippen LogP contribution in [-0.2, 0) is 0 Å². The van der Waals surface area contributed by atoms with Crippen molar-refractivity contribution in [1.29, 1.82) is 0 Å². The Morgan fingerprint density at radius 2 is 1.00 bits per heavy atom. The van der Waals surface area contributed by atoms with E-state index >= 15 is 0 Å². The average molecular weight is 642 g/mol. The summed E-state index contributed by atoms with van der Waals surface area (Å²) < 4.78 is 4.40. The lowest BCUT2D eigenvalue weighted by molar-refractivity contribution is 0.996. The smallest absolute Gasteiger partial charge is 0.235 e. The maximum atomic E-state index is 5.31. The summed E-state index contributed by atoms with van der Waals surface area (Å²) in [4.78, 5) is 25.5. The fraction of sp³-hybridized carbons (Fsp3) is 0.